The van der Waals surface area contributed by atoms with E-state index in [2.05, 4.69) is 10.8 Å². The van der Waals surface area contributed by atoms with E-state index in [1.54, 1.807) is 0 Å². The van der Waals surface area contributed by atoms with Gasteiger partial charge in [0.25, 0.3) is 5.91 Å². The lowest BCUT2D eigenvalue weighted by atomic mass is 10.0. The van der Waals surface area contributed by atoms with Crippen LogP contribution in [0.15, 0.2) is 60.7 Å². The van der Waals surface area contributed by atoms with Crippen LogP contribution >= 0.6 is 0 Å². The lowest BCUT2D eigenvalue weighted by Crippen LogP contribution is -2.44. The van der Waals surface area contributed by atoms with E-state index in [4.69, 9.17) is 9.57 Å². The van der Waals surface area contributed by atoms with Crippen molar-refractivity contribution in [3.63, 3.8) is 0 Å². The smallest absolute Gasteiger partial charge is 0.431 e. The number of hydroxylamine groups is 1. The Bertz CT molecular complexity index is 719. The van der Waals surface area contributed by atoms with E-state index in [0.29, 0.717) is 0 Å². The standard InChI is InChI=1S/C21H26N2O4/c1-15(2)19(20(24)22-16(3)18-12-8-5-9-13-18)27-23-21(25)26-14-17-10-6-4-7-11-17/h4-13,15-16,19H,14H2,1-3H3,(H,22,24)(H,23,25)/t16?,19-/m0/s1. The number of carbonyl (C=O) groups excluding carboxylic acids is 2. The van der Waals surface area contributed by atoms with Gasteiger partial charge in [0.05, 0.1) is 6.04 Å². The Morgan fingerprint density at radius 3 is 2.11 bits per heavy atom. The maximum absolute atomic E-state index is 12.5. The second-order valence-electron chi connectivity index (χ2n) is 6.59. The largest absolute Gasteiger partial charge is 0.443 e. The molecule has 27 heavy (non-hydrogen) atoms. The van der Waals surface area contributed by atoms with Gasteiger partial charge >= 0.3 is 6.09 Å². The first-order chi connectivity index (χ1) is 13.0. The summed E-state index contributed by atoms with van der Waals surface area (Å²) in [5.41, 5.74) is 4.06. The van der Waals surface area contributed by atoms with E-state index in [1.165, 1.54) is 0 Å². The van der Waals surface area contributed by atoms with Crippen molar-refractivity contribution in [1.29, 1.82) is 0 Å². The van der Waals surface area contributed by atoms with E-state index in [9.17, 15) is 9.59 Å². The van der Waals surface area contributed by atoms with Crippen LogP contribution < -0.4 is 10.8 Å². The average Bonchev–Trinajstić information content (AvgIpc) is 2.67. The van der Waals surface area contributed by atoms with Gasteiger partial charge < -0.3 is 10.1 Å². The highest BCUT2D eigenvalue weighted by molar-refractivity contribution is 5.81. The van der Waals surface area contributed by atoms with Crippen LogP contribution in [0.3, 0.4) is 0 Å². The molecular formula is C21H26N2O4. The molecule has 0 heterocycles. The van der Waals surface area contributed by atoms with Gasteiger partial charge in [-0.25, -0.2) is 4.79 Å². The van der Waals surface area contributed by atoms with Gasteiger partial charge in [-0.1, -0.05) is 74.5 Å². The number of carbonyl (C=O) groups is 2. The van der Waals surface area contributed by atoms with Crippen molar-refractivity contribution in [1.82, 2.24) is 10.8 Å². The molecule has 1 unspecified atom stereocenters. The summed E-state index contributed by atoms with van der Waals surface area (Å²) >= 11 is 0. The lowest BCUT2D eigenvalue weighted by molar-refractivity contribution is -0.141. The van der Waals surface area contributed by atoms with Crippen LogP contribution in [0.1, 0.15) is 37.9 Å². The summed E-state index contributed by atoms with van der Waals surface area (Å²) in [5.74, 6) is -0.438. The zero-order valence-electron chi connectivity index (χ0n) is 15.8. The number of hydrogen-bond donors (Lipinski definition) is 2. The van der Waals surface area contributed by atoms with Gasteiger partial charge in [-0.05, 0) is 24.0 Å². The number of rotatable bonds is 8. The minimum Gasteiger partial charge on any atom is -0.443 e. The summed E-state index contributed by atoms with van der Waals surface area (Å²) in [6.07, 6.45) is -1.58. The van der Waals surface area contributed by atoms with E-state index < -0.39 is 12.2 Å². The van der Waals surface area contributed by atoms with Crippen LogP contribution in [0.4, 0.5) is 4.79 Å². The molecule has 0 aliphatic heterocycles. The van der Waals surface area contributed by atoms with Gasteiger partial charge in [-0.15, -0.1) is 0 Å². The van der Waals surface area contributed by atoms with E-state index in [-0.39, 0.29) is 24.5 Å². The first kappa shape index (κ1) is 20.5. The summed E-state index contributed by atoms with van der Waals surface area (Å²) in [6.45, 7) is 5.70. The van der Waals surface area contributed by atoms with Crippen molar-refractivity contribution in [3.8, 4) is 0 Å². The third-order valence-corrected chi connectivity index (χ3v) is 4.00. The summed E-state index contributed by atoms with van der Waals surface area (Å²) < 4.78 is 5.08. The highest BCUT2D eigenvalue weighted by Crippen LogP contribution is 2.13. The van der Waals surface area contributed by atoms with Crippen LogP contribution in [-0.4, -0.2) is 18.1 Å². The molecule has 2 rings (SSSR count). The van der Waals surface area contributed by atoms with Crippen molar-refractivity contribution >= 4 is 12.0 Å². The quantitative estimate of drug-likeness (QED) is 0.694. The predicted molar refractivity (Wildman–Crippen MR) is 102 cm³/mol. The molecule has 0 aliphatic carbocycles. The molecule has 2 aromatic carbocycles. The normalized spacial score (nSPS) is 12.9. The van der Waals surface area contributed by atoms with Crippen molar-refractivity contribution in [2.75, 3.05) is 0 Å². The molecule has 0 bridgehead atoms. The minimum absolute atomic E-state index is 0.125. The minimum atomic E-state index is -0.833. The van der Waals surface area contributed by atoms with Crippen LogP contribution in [0.5, 0.6) is 0 Å². The number of amides is 2. The zero-order valence-corrected chi connectivity index (χ0v) is 15.8. The van der Waals surface area contributed by atoms with E-state index in [1.807, 2.05) is 81.4 Å². The molecule has 0 saturated heterocycles. The molecule has 6 heteroatoms. The van der Waals surface area contributed by atoms with Crippen molar-refractivity contribution in [3.05, 3.63) is 71.8 Å². The molecule has 0 aromatic heterocycles. The van der Waals surface area contributed by atoms with Gasteiger partial charge in [0.1, 0.15) is 6.61 Å². The fraction of sp³-hybridized carbons (Fsp3) is 0.333. The topological polar surface area (TPSA) is 76.7 Å². The Balaban J connectivity index is 1.83. The number of nitrogens with one attached hydrogen (secondary N) is 2. The van der Waals surface area contributed by atoms with Gasteiger partial charge in [0.15, 0.2) is 6.10 Å². The second kappa shape index (κ2) is 10.3. The number of hydrogen-bond acceptors (Lipinski definition) is 4. The molecule has 0 aliphatic rings. The van der Waals surface area contributed by atoms with Crippen molar-refractivity contribution < 1.29 is 19.2 Å². The first-order valence-electron chi connectivity index (χ1n) is 8.95. The molecule has 2 atom stereocenters. The summed E-state index contributed by atoms with van der Waals surface area (Å²) in [4.78, 5) is 29.7. The molecule has 6 nitrogen and oxygen atoms in total. The molecule has 2 N–H and O–H groups in total. The van der Waals surface area contributed by atoms with Gasteiger partial charge in [-0.2, -0.15) is 5.48 Å². The molecule has 2 amide bonds. The molecule has 144 valence electrons. The van der Waals surface area contributed by atoms with Crippen molar-refractivity contribution in [2.45, 2.75) is 39.5 Å². The third-order valence-electron chi connectivity index (χ3n) is 4.00. The highest BCUT2D eigenvalue weighted by Gasteiger charge is 2.26. The molecular weight excluding hydrogens is 344 g/mol. The average molecular weight is 370 g/mol. The predicted octanol–water partition coefficient (Wildman–Crippen LogP) is 3.75. The van der Waals surface area contributed by atoms with Crippen LogP contribution in [-0.2, 0) is 21.0 Å². The van der Waals surface area contributed by atoms with Gasteiger partial charge in [0.2, 0.25) is 0 Å². The molecule has 0 radical (unpaired) electrons. The lowest BCUT2D eigenvalue weighted by Gasteiger charge is -2.23. The molecule has 0 fully saturated rings. The zero-order chi connectivity index (χ0) is 19.6. The summed E-state index contributed by atoms with van der Waals surface area (Å²) in [5, 5.41) is 2.90. The molecule has 2 aromatic rings. The fourth-order valence-electron chi connectivity index (χ4n) is 2.48. The van der Waals surface area contributed by atoms with Crippen LogP contribution in [0.25, 0.3) is 0 Å². The van der Waals surface area contributed by atoms with E-state index >= 15 is 0 Å². The Morgan fingerprint density at radius 1 is 0.926 bits per heavy atom. The summed E-state index contributed by atoms with van der Waals surface area (Å²) in [7, 11) is 0. The fourth-order valence-corrected chi connectivity index (χ4v) is 2.48. The Labute approximate surface area is 159 Å². The Hall–Kier alpha value is -2.86. The maximum atomic E-state index is 12.5. The van der Waals surface area contributed by atoms with Crippen LogP contribution in [0.2, 0.25) is 0 Å². The number of ether oxygens (including phenoxy) is 1. The SMILES string of the molecule is CC(NC(=O)[C@@H](ONC(=O)OCc1ccccc1)C(C)C)c1ccccc1. The summed E-state index contributed by atoms with van der Waals surface area (Å²) in [6, 6.07) is 18.8. The van der Waals surface area contributed by atoms with Crippen molar-refractivity contribution in [2.24, 2.45) is 5.92 Å². The second-order valence-corrected chi connectivity index (χ2v) is 6.59. The maximum Gasteiger partial charge on any atom is 0.431 e. The molecule has 0 spiro atoms. The van der Waals surface area contributed by atoms with E-state index in [0.717, 1.165) is 11.1 Å². The molecule has 0 saturated carbocycles. The number of benzene rings is 2. The first-order valence-corrected chi connectivity index (χ1v) is 8.95. The Morgan fingerprint density at radius 2 is 1.52 bits per heavy atom. The third kappa shape index (κ3) is 6.75. The van der Waals surface area contributed by atoms with Gasteiger partial charge in [0, 0.05) is 0 Å². The van der Waals surface area contributed by atoms with Crippen LogP contribution in [0, 0.1) is 5.92 Å². The highest BCUT2D eigenvalue weighted by atomic mass is 16.7. The Kier molecular flexibility index (Phi) is 7.82. The van der Waals surface area contributed by atoms with Gasteiger partial charge in [-0.3, -0.25) is 9.63 Å². The monoisotopic (exact) mass is 370 g/mol.